The van der Waals surface area contributed by atoms with E-state index in [1.807, 2.05) is 6.07 Å². The largest absolute Gasteiger partial charge is 0.454 e. The third-order valence-electron chi connectivity index (χ3n) is 3.94. The number of carbonyl (C=O) groups is 2. The fraction of sp³-hybridized carbons (Fsp3) is 0.316. The number of rotatable bonds is 8. The lowest BCUT2D eigenvalue weighted by atomic mass is 10.2. The van der Waals surface area contributed by atoms with Gasteiger partial charge in [0.15, 0.2) is 5.76 Å². The third-order valence-corrected chi connectivity index (χ3v) is 3.94. The molecule has 2 rings (SSSR count). The fourth-order valence-electron chi connectivity index (χ4n) is 2.33. The van der Waals surface area contributed by atoms with Crippen molar-refractivity contribution in [3.05, 3.63) is 53.5 Å². The summed E-state index contributed by atoms with van der Waals surface area (Å²) < 4.78 is 5.52. The van der Waals surface area contributed by atoms with Gasteiger partial charge in [-0.15, -0.1) is 0 Å². The molecule has 0 aliphatic heterocycles. The van der Waals surface area contributed by atoms with E-state index in [4.69, 9.17) is 9.68 Å². The second-order valence-electron chi connectivity index (χ2n) is 5.77. The van der Waals surface area contributed by atoms with Crippen molar-refractivity contribution in [3.63, 3.8) is 0 Å². The number of carbonyl (C=O) groups excluding carboxylic acids is 2. The minimum absolute atomic E-state index is 0.0302. The first kappa shape index (κ1) is 20.0. The minimum Gasteiger partial charge on any atom is -0.454 e. The molecule has 1 aromatic carbocycles. The van der Waals surface area contributed by atoms with Gasteiger partial charge in [0.05, 0.1) is 24.7 Å². The molecule has 0 bridgehead atoms. The number of hydrogen-bond acceptors (Lipinski definition) is 6. The summed E-state index contributed by atoms with van der Waals surface area (Å²) in [6.45, 7) is 6.49. The van der Waals surface area contributed by atoms with Gasteiger partial charge >= 0.3 is 5.91 Å². The number of nitrogens with one attached hydrogen (secondary N) is 3. The molecule has 0 atom stereocenters. The van der Waals surface area contributed by atoms with Crippen molar-refractivity contribution in [2.24, 2.45) is 0 Å². The van der Waals surface area contributed by atoms with E-state index < -0.39 is 11.8 Å². The zero-order valence-corrected chi connectivity index (χ0v) is 15.4. The summed E-state index contributed by atoms with van der Waals surface area (Å²) in [6.07, 6.45) is 0. The summed E-state index contributed by atoms with van der Waals surface area (Å²) in [7, 11) is 0. The van der Waals surface area contributed by atoms with Gasteiger partial charge in [-0.25, -0.2) is 0 Å². The zero-order valence-electron chi connectivity index (χ0n) is 15.4. The SMILES string of the molecule is CCN(CC)Cc1ccc(C(=O)NNC(=O)CNc2ccc(C#N)cc2)o1. The summed E-state index contributed by atoms with van der Waals surface area (Å²) >= 11 is 0. The zero-order chi connectivity index (χ0) is 19.6. The Morgan fingerprint density at radius 3 is 2.41 bits per heavy atom. The van der Waals surface area contributed by atoms with E-state index in [-0.39, 0.29) is 12.3 Å². The number of nitrogens with zero attached hydrogens (tertiary/aromatic N) is 2. The molecule has 3 N–H and O–H groups in total. The van der Waals surface area contributed by atoms with Gasteiger partial charge in [0.1, 0.15) is 5.76 Å². The van der Waals surface area contributed by atoms with Crippen LogP contribution in [0.15, 0.2) is 40.8 Å². The van der Waals surface area contributed by atoms with Gasteiger partial charge in [-0.1, -0.05) is 13.8 Å². The number of hydrogen-bond donors (Lipinski definition) is 3. The first-order valence-corrected chi connectivity index (χ1v) is 8.70. The topological polar surface area (TPSA) is 110 Å². The van der Waals surface area contributed by atoms with Crippen LogP contribution < -0.4 is 16.2 Å². The van der Waals surface area contributed by atoms with Crippen LogP contribution in [0.5, 0.6) is 0 Å². The predicted molar refractivity (Wildman–Crippen MR) is 101 cm³/mol. The maximum Gasteiger partial charge on any atom is 0.305 e. The van der Waals surface area contributed by atoms with Gasteiger partial charge in [0.2, 0.25) is 0 Å². The van der Waals surface area contributed by atoms with Crippen LogP contribution >= 0.6 is 0 Å². The molecule has 142 valence electrons. The van der Waals surface area contributed by atoms with Gasteiger partial charge < -0.3 is 9.73 Å². The highest BCUT2D eigenvalue weighted by Crippen LogP contribution is 2.10. The second-order valence-corrected chi connectivity index (χ2v) is 5.77. The van der Waals surface area contributed by atoms with Crippen LogP contribution in [0, 0.1) is 11.3 Å². The highest BCUT2D eigenvalue weighted by atomic mass is 16.4. The maximum absolute atomic E-state index is 12.0. The van der Waals surface area contributed by atoms with Crippen LogP contribution in [0.1, 0.15) is 35.7 Å². The van der Waals surface area contributed by atoms with E-state index in [1.165, 1.54) is 0 Å². The van der Waals surface area contributed by atoms with Crippen molar-refractivity contribution in [1.29, 1.82) is 5.26 Å². The molecule has 0 saturated heterocycles. The summed E-state index contributed by atoms with van der Waals surface area (Å²) in [5.74, 6) is -0.106. The van der Waals surface area contributed by atoms with E-state index in [2.05, 4.69) is 34.9 Å². The van der Waals surface area contributed by atoms with E-state index >= 15 is 0 Å². The van der Waals surface area contributed by atoms with E-state index in [9.17, 15) is 9.59 Å². The molecule has 0 spiro atoms. The van der Waals surface area contributed by atoms with Crippen LogP contribution in [0.2, 0.25) is 0 Å². The number of nitriles is 1. The third kappa shape index (κ3) is 6.17. The molecule has 0 aliphatic rings. The molecule has 8 heteroatoms. The first-order valence-electron chi connectivity index (χ1n) is 8.70. The molecular formula is C19H23N5O3. The number of amides is 2. The molecule has 0 radical (unpaired) electrons. The molecule has 27 heavy (non-hydrogen) atoms. The Labute approximate surface area is 158 Å². The number of anilines is 1. The summed E-state index contributed by atoms with van der Waals surface area (Å²) in [5, 5.41) is 11.6. The van der Waals surface area contributed by atoms with Crippen molar-refractivity contribution in [3.8, 4) is 6.07 Å². The number of furan rings is 1. The van der Waals surface area contributed by atoms with Crippen molar-refractivity contribution in [2.75, 3.05) is 25.0 Å². The average Bonchev–Trinajstić information content (AvgIpc) is 3.17. The van der Waals surface area contributed by atoms with Crippen molar-refractivity contribution < 1.29 is 14.0 Å². The van der Waals surface area contributed by atoms with Crippen LogP contribution in [0.3, 0.4) is 0 Å². The van der Waals surface area contributed by atoms with Gasteiger partial charge in [-0.05, 0) is 49.5 Å². The van der Waals surface area contributed by atoms with E-state index in [0.29, 0.717) is 23.6 Å². The van der Waals surface area contributed by atoms with Gasteiger partial charge in [0, 0.05) is 5.69 Å². The van der Waals surface area contributed by atoms with Crippen molar-refractivity contribution in [2.45, 2.75) is 20.4 Å². The highest BCUT2D eigenvalue weighted by Gasteiger charge is 2.13. The summed E-state index contributed by atoms with van der Waals surface area (Å²) in [4.78, 5) is 26.0. The molecule has 1 heterocycles. The molecule has 2 amide bonds. The second kappa shape index (κ2) is 9.99. The molecular weight excluding hydrogens is 346 g/mol. The Morgan fingerprint density at radius 2 is 1.78 bits per heavy atom. The fourth-order valence-corrected chi connectivity index (χ4v) is 2.33. The normalized spacial score (nSPS) is 10.3. The van der Waals surface area contributed by atoms with Gasteiger partial charge in [-0.2, -0.15) is 5.26 Å². The van der Waals surface area contributed by atoms with Crippen LogP contribution in [0.4, 0.5) is 5.69 Å². The van der Waals surface area contributed by atoms with E-state index in [0.717, 1.165) is 13.1 Å². The van der Waals surface area contributed by atoms with Gasteiger partial charge in [-0.3, -0.25) is 25.3 Å². The predicted octanol–water partition coefficient (Wildman–Crippen LogP) is 1.87. The van der Waals surface area contributed by atoms with Gasteiger partial charge in [0.25, 0.3) is 5.91 Å². The number of hydrazine groups is 1. The smallest absolute Gasteiger partial charge is 0.305 e. The number of benzene rings is 1. The molecule has 8 nitrogen and oxygen atoms in total. The Balaban J connectivity index is 1.76. The maximum atomic E-state index is 12.0. The highest BCUT2D eigenvalue weighted by molar-refractivity contribution is 5.93. The first-order chi connectivity index (χ1) is 13.0. The van der Waals surface area contributed by atoms with E-state index in [1.54, 1.807) is 36.4 Å². The quantitative estimate of drug-likeness (QED) is 0.613. The molecule has 1 aromatic heterocycles. The van der Waals surface area contributed by atoms with Crippen molar-refractivity contribution in [1.82, 2.24) is 15.8 Å². The lowest BCUT2D eigenvalue weighted by molar-refractivity contribution is -0.120. The lowest BCUT2D eigenvalue weighted by Crippen LogP contribution is -2.44. The molecule has 0 aliphatic carbocycles. The molecule has 0 unspecified atom stereocenters. The molecule has 2 aromatic rings. The summed E-state index contributed by atoms with van der Waals surface area (Å²) in [6, 6.07) is 12.0. The van der Waals surface area contributed by atoms with Crippen LogP contribution in [-0.4, -0.2) is 36.3 Å². The Hall–Kier alpha value is -3.31. The average molecular weight is 369 g/mol. The lowest BCUT2D eigenvalue weighted by Gasteiger charge is -2.15. The standard InChI is InChI=1S/C19H23N5O3/c1-3-24(4-2)13-16-9-10-17(27-16)19(26)23-22-18(25)12-21-15-7-5-14(11-20)6-8-15/h5-10,21H,3-4,12-13H2,1-2H3,(H,22,25)(H,23,26). The molecule has 0 fully saturated rings. The Bertz CT molecular complexity index is 803. The Morgan fingerprint density at radius 1 is 1.07 bits per heavy atom. The molecule has 0 saturated carbocycles. The van der Waals surface area contributed by atoms with Crippen LogP contribution in [0.25, 0.3) is 0 Å². The summed E-state index contributed by atoms with van der Waals surface area (Å²) in [5.41, 5.74) is 5.88. The Kier molecular flexibility index (Phi) is 7.40. The minimum atomic E-state index is -0.521. The van der Waals surface area contributed by atoms with Crippen LogP contribution in [-0.2, 0) is 11.3 Å². The van der Waals surface area contributed by atoms with Crippen molar-refractivity contribution >= 4 is 17.5 Å². The monoisotopic (exact) mass is 369 g/mol.